The molecular formula is C8H12O5. The third-order valence-corrected chi connectivity index (χ3v) is 1.64. The minimum atomic E-state index is -1.45. The van der Waals surface area contributed by atoms with Gasteiger partial charge in [0.2, 0.25) is 0 Å². The van der Waals surface area contributed by atoms with Crippen molar-refractivity contribution in [2.75, 3.05) is 19.8 Å². The van der Waals surface area contributed by atoms with E-state index >= 15 is 0 Å². The summed E-state index contributed by atoms with van der Waals surface area (Å²) in [6.07, 6.45) is 0. The highest BCUT2D eigenvalue weighted by Gasteiger charge is 2.62. The van der Waals surface area contributed by atoms with Crippen molar-refractivity contribution in [3.8, 4) is 0 Å². The SMILES string of the molecule is CCOC(=O)C1(C(=O)OCC)CO1. The third-order valence-electron chi connectivity index (χ3n) is 1.64. The van der Waals surface area contributed by atoms with Crippen molar-refractivity contribution in [2.24, 2.45) is 0 Å². The molecule has 1 aliphatic heterocycles. The van der Waals surface area contributed by atoms with Crippen molar-refractivity contribution >= 4 is 11.9 Å². The average molecular weight is 188 g/mol. The van der Waals surface area contributed by atoms with Gasteiger partial charge in [0.25, 0.3) is 5.60 Å². The van der Waals surface area contributed by atoms with Crippen LogP contribution in [0.4, 0.5) is 0 Å². The molecule has 1 fully saturated rings. The summed E-state index contributed by atoms with van der Waals surface area (Å²) < 4.78 is 14.1. The largest absolute Gasteiger partial charge is 0.463 e. The van der Waals surface area contributed by atoms with Crippen LogP contribution in [0.15, 0.2) is 0 Å². The Bertz CT molecular complexity index is 199. The lowest BCUT2D eigenvalue weighted by Crippen LogP contribution is -2.37. The molecule has 74 valence electrons. The number of hydrogen-bond acceptors (Lipinski definition) is 5. The van der Waals surface area contributed by atoms with Crippen LogP contribution in [-0.4, -0.2) is 37.4 Å². The highest BCUT2D eigenvalue weighted by atomic mass is 16.7. The van der Waals surface area contributed by atoms with Crippen LogP contribution in [0.1, 0.15) is 13.8 Å². The Hall–Kier alpha value is -1.10. The Morgan fingerprint density at radius 1 is 1.23 bits per heavy atom. The van der Waals surface area contributed by atoms with Gasteiger partial charge in [-0.05, 0) is 13.8 Å². The van der Waals surface area contributed by atoms with Crippen molar-refractivity contribution in [3.63, 3.8) is 0 Å². The summed E-state index contributed by atoms with van der Waals surface area (Å²) in [7, 11) is 0. The molecule has 5 nitrogen and oxygen atoms in total. The molecule has 1 aliphatic rings. The zero-order chi connectivity index (χ0) is 9.90. The first-order chi connectivity index (χ1) is 6.17. The average Bonchev–Trinajstić information content (AvgIpc) is 2.85. The molecule has 0 bridgehead atoms. The summed E-state index contributed by atoms with van der Waals surface area (Å²) in [5.41, 5.74) is -1.45. The van der Waals surface area contributed by atoms with Crippen LogP contribution < -0.4 is 0 Å². The molecule has 5 heteroatoms. The van der Waals surface area contributed by atoms with Gasteiger partial charge in [-0.25, -0.2) is 9.59 Å². The zero-order valence-corrected chi connectivity index (χ0v) is 7.66. The van der Waals surface area contributed by atoms with E-state index in [9.17, 15) is 9.59 Å². The van der Waals surface area contributed by atoms with Crippen molar-refractivity contribution < 1.29 is 23.8 Å². The Kier molecular flexibility index (Phi) is 2.87. The molecule has 0 radical (unpaired) electrons. The maximum absolute atomic E-state index is 11.2. The molecule has 0 aromatic rings. The van der Waals surface area contributed by atoms with Gasteiger partial charge in [0.15, 0.2) is 0 Å². The van der Waals surface area contributed by atoms with E-state index in [-0.39, 0.29) is 19.8 Å². The van der Waals surface area contributed by atoms with Gasteiger partial charge in [-0.1, -0.05) is 0 Å². The predicted octanol–water partition coefficient (Wildman–Crippen LogP) is -0.118. The van der Waals surface area contributed by atoms with E-state index in [1.807, 2.05) is 0 Å². The number of carbonyl (C=O) groups is 2. The number of carbonyl (C=O) groups excluding carboxylic acids is 2. The number of hydrogen-bond donors (Lipinski definition) is 0. The van der Waals surface area contributed by atoms with Gasteiger partial charge in [-0.3, -0.25) is 0 Å². The van der Waals surface area contributed by atoms with E-state index in [1.165, 1.54) is 0 Å². The number of epoxide rings is 1. The highest BCUT2D eigenvalue weighted by Crippen LogP contribution is 2.30. The van der Waals surface area contributed by atoms with Crippen molar-refractivity contribution in [1.29, 1.82) is 0 Å². The van der Waals surface area contributed by atoms with Gasteiger partial charge in [0, 0.05) is 0 Å². The fraction of sp³-hybridized carbons (Fsp3) is 0.750. The first-order valence-corrected chi connectivity index (χ1v) is 4.15. The molecule has 0 spiro atoms. The summed E-state index contributed by atoms with van der Waals surface area (Å²) >= 11 is 0. The molecule has 0 saturated carbocycles. The molecule has 1 saturated heterocycles. The van der Waals surface area contributed by atoms with Gasteiger partial charge in [-0.2, -0.15) is 0 Å². The van der Waals surface area contributed by atoms with E-state index in [1.54, 1.807) is 13.8 Å². The van der Waals surface area contributed by atoms with Crippen LogP contribution in [-0.2, 0) is 23.8 Å². The molecule has 0 N–H and O–H groups in total. The second-order valence-corrected chi connectivity index (χ2v) is 2.56. The lowest BCUT2D eigenvalue weighted by atomic mass is 10.2. The fourth-order valence-corrected chi connectivity index (χ4v) is 0.887. The van der Waals surface area contributed by atoms with Crippen LogP contribution in [0.25, 0.3) is 0 Å². The Labute approximate surface area is 76.0 Å². The van der Waals surface area contributed by atoms with Gasteiger partial charge < -0.3 is 14.2 Å². The summed E-state index contributed by atoms with van der Waals surface area (Å²) in [4.78, 5) is 22.4. The summed E-state index contributed by atoms with van der Waals surface area (Å²) in [6.45, 7) is 3.84. The van der Waals surface area contributed by atoms with Gasteiger partial charge >= 0.3 is 11.9 Å². The lowest BCUT2D eigenvalue weighted by molar-refractivity contribution is -0.163. The molecule has 13 heavy (non-hydrogen) atoms. The quantitative estimate of drug-likeness (QED) is 0.349. The lowest BCUT2D eigenvalue weighted by Gasteiger charge is -2.08. The van der Waals surface area contributed by atoms with E-state index < -0.39 is 17.5 Å². The minimum absolute atomic E-state index is 0.0602. The number of ether oxygens (including phenoxy) is 3. The molecule has 1 rings (SSSR count). The molecule has 0 aromatic carbocycles. The Morgan fingerprint density at radius 2 is 1.62 bits per heavy atom. The standard InChI is InChI=1S/C8H12O5/c1-3-11-6(9)8(5-13-8)7(10)12-4-2/h3-5H2,1-2H3. The van der Waals surface area contributed by atoms with E-state index in [0.717, 1.165) is 0 Å². The maximum Gasteiger partial charge on any atom is 0.352 e. The normalized spacial score (nSPS) is 17.7. The van der Waals surface area contributed by atoms with Gasteiger partial charge in [0.1, 0.15) is 6.61 Å². The van der Waals surface area contributed by atoms with Crippen molar-refractivity contribution in [3.05, 3.63) is 0 Å². The van der Waals surface area contributed by atoms with E-state index in [4.69, 9.17) is 4.74 Å². The van der Waals surface area contributed by atoms with E-state index in [0.29, 0.717) is 0 Å². The van der Waals surface area contributed by atoms with Crippen molar-refractivity contribution in [2.45, 2.75) is 19.4 Å². The van der Waals surface area contributed by atoms with Crippen LogP contribution >= 0.6 is 0 Å². The second-order valence-electron chi connectivity index (χ2n) is 2.56. The molecule has 0 atom stereocenters. The molecule has 0 unspecified atom stereocenters. The van der Waals surface area contributed by atoms with Crippen LogP contribution in [0.3, 0.4) is 0 Å². The zero-order valence-electron chi connectivity index (χ0n) is 7.66. The molecule has 0 aromatic heterocycles. The van der Waals surface area contributed by atoms with E-state index in [2.05, 4.69) is 9.47 Å². The Balaban J connectivity index is 2.55. The minimum Gasteiger partial charge on any atom is -0.463 e. The molecular weight excluding hydrogens is 176 g/mol. The van der Waals surface area contributed by atoms with Crippen molar-refractivity contribution in [1.82, 2.24) is 0 Å². The summed E-state index contributed by atoms with van der Waals surface area (Å²) in [5.74, 6) is -1.32. The highest BCUT2D eigenvalue weighted by molar-refractivity contribution is 6.06. The predicted molar refractivity (Wildman–Crippen MR) is 41.9 cm³/mol. The third kappa shape index (κ3) is 1.80. The number of esters is 2. The Morgan fingerprint density at radius 3 is 1.85 bits per heavy atom. The first kappa shape index (κ1) is 9.98. The smallest absolute Gasteiger partial charge is 0.352 e. The summed E-state index contributed by atoms with van der Waals surface area (Å²) in [5, 5.41) is 0. The molecule has 1 heterocycles. The fourth-order valence-electron chi connectivity index (χ4n) is 0.887. The summed E-state index contributed by atoms with van der Waals surface area (Å²) in [6, 6.07) is 0. The second kappa shape index (κ2) is 3.74. The van der Waals surface area contributed by atoms with Gasteiger partial charge in [0.05, 0.1) is 13.2 Å². The molecule has 0 aliphatic carbocycles. The molecule has 0 amide bonds. The van der Waals surface area contributed by atoms with Gasteiger partial charge in [-0.15, -0.1) is 0 Å². The first-order valence-electron chi connectivity index (χ1n) is 4.15. The van der Waals surface area contributed by atoms with Crippen LogP contribution in [0, 0.1) is 0 Å². The van der Waals surface area contributed by atoms with Crippen LogP contribution in [0.5, 0.6) is 0 Å². The monoisotopic (exact) mass is 188 g/mol. The number of rotatable bonds is 4. The van der Waals surface area contributed by atoms with Crippen LogP contribution in [0.2, 0.25) is 0 Å². The topological polar surface area (TPSA) is 65.1 Å². The maximum atomic E-state index is 11.2.